The van der Waals surface area contributed by atoms with Crippen molar-refractivity contribution in [1.82, 2.24) is 14.5 Å². The Morgan fingerprint density at radius 3 is 1.86 bits per heavy atom. The molecule has 6 heteroatoms. The zero-order chi connectivity index (χ0) is 25.2. The number of aliphatic carboxylic acids is 1. The lowest BCUT2D eigenvalue weighted by Crippen LogP contribution is -2.40. The molecule has 6 nitrogen and oxygen atoms in total. The van der Waals surface area contributed by atoms with Crippen molar-refractivity contribution in [3.63, 3.8) is 0 Å². The van der Waals surface area contributed by atoms with Gasteiger partial charge in [0.05, 0.1) is 6.33 Å². The van der Waals surface area contributed by atoms with Gasteiger partial charge >= 0.3 is 5.97 Å². The molecule has 0 saturated carbocycles. The first-order valence-electron chi connectivity index (χ1n) is 12.2. The second-order valence-corrected chi connectivity index (χ2v) is 9.49. The lowest BCUT2D eigenvalue weighted by Gasteiger charge is -2.38. The molecule has 1 aliphatic heterocycles. The summed E-state index contributed by atoms with van der Waals surface area (Å²) in [5.74, 6) is -1.38. The van der Waals surface area contributed by atoms with Crippen molar-refractivity contribution in [3.05, 3.63) is 126 Å². The van der Waals surface area contributed by atoms with Crippen LogP contribution in [0.5, 0.6) is 0 Å². The molecule has 182 valence electrons. The van der Waals surface area contributed by atoms with Gasteiger partial charge in [-0.15, -0.1) is 0 Å². The molecular weight excluding hydrogens is 450 g/mol. The fourth-order valence-electron chi connectivity index (χ4n) is 5.34. The molecule has 1 aliphatic rings. The molecule has 1 N–H and O–H groups in total. The van der Waals surface area contributed by atoms with Crippen LogP contribution < -0.4 is 0 Å². The number of amides is 1. The van der Waals surface area contributed by atoms with Crippen molar-refractivity contribution in [2.45, 2.75) is 25.3 Å². The molecule has 1 saturated heterocycles. The van der Waals surface area contributed by atoms with Gasteiger partial charge in [-0.25, -0.2) is 4.98 Å². The van der Waals surface area contributed by atoms with Gasteiger partial charge in [-0.2, -0.15) is 0 Å². The predicted octanol–water partition coefficient (Wildman–Crippen LogP) is 4.59. The summed E-state index contributed by atoms with van der Waals surface area (Å²) in [6.07, 6.45) is 4.58. The van der Waals surface area contributed by atoms with Gasteiger partial charge in [-0.05, 0) is 30.0 Å². The van der Waals surface area contributed by atoms with Crippen molar-refractivity contribution >= 4 is 11.9 Å². The number of rotatable bonds is 8. The predicted molar refractivity (Wildman–Crippen MR) is 137 cm³/mol. The Balaban J connectivity index is 1.61. The molecule has 1 aromatic heterocycles. The SMILES string of the molecule is CC1(C(=O)O)CCN(CCc2cncn2C(c2ccccc2)(c2ccccc2)c2ccccc2)C1=O. The summed E-state index contributed by atoms with van der Waals surface area (Å²) in [6, 6.07) is 31.1. The maximum atomic E-state index is 12.9. The van der Waals surface area contributed by atoms with E-state index in [4.69, 9.17) is 0 Å². The van der Waals surface area contributed by atoms with Crippen LogP contribution in [0, 0.1) is 5.41 Å². The number of carboxylic acids is 1. The summed E-state index contributed by atoms with van der Waals surface area (Å²) < 4.78 is 2.20. The zero-order valence-electron chi connectivity index (χ0n) is 20.2. The van der Waals surface area contributed by atoms with Crippen molar-refractivity contribution in [1.29, 1.82) is 0 Å². The van der Waals surface area contributed by atoms with Crippen molar-refractivity contribution < 1.29 is 14.7 Å². The molecule has 0 radical (unpaired) electrons. The number of likely N-dealkylation sites (tertiary alicyclic amines) is 1. The van der Waals surface area contributed by atoms with Crippen LogP contribution in [0.1, 0.15) is 35.7 Å². The highest BCUT2D eigenvalue weighted by Gasteiger charge is 2.49. The molecule has 1 amide bonds. The quantitative estimate of drug-likeness (QED) is 0.296. The van der Waals surface area contributed by atoms with Gasteiger partial charge in [0.25, 0.3) is 0 Å². The topological polar surface area (TPSA) is 75.4 Å². The summed E-state index contributed by atoms with van der Waals surface area (Å²) in [7, 11) is 0. The lowest BCUT2D eigenvalue weighted by molar-refractivity contribution is -0.154. The molecule has 1 unspecified atom stereocenters. The standard InChI is InChI=1S/C30H29N3O3/c1-29(28(35)36)18-20-32(27(29)34)19-17-26-21-31-22-33(26)30(23-11-5-2-6-12-23,24-13-7-3-8-14-24)25-15-9-4-10-16-25/h2-16,21-22H,17-20H2,1H3,(H,35,36). The number of hydrogen-bond acceptors (Lipinski definition) is 3. The normalized spacial score (nSPS) is 17.9. The minimum absolute atomic E-state index is 0.318. The van der Waals surface area contributed by atoms with Crippen LogP contribution >= 0.6 is 0 Å². The van der Waals surface area contributed by atoms with E-state index in [9.17, 15) is 14.7 Å². The Hall–Kier alpha value is -4.19. The van der Waals surface area contributed by atoms with Gasteiger partial charge in [0.15, 0.2) is 0 Å². The first-order valence-corrected chi connectivity index (χ1v) is 12.2. The van der Waals surface area contributed by atoms with E-state index in [1.165, 1.54) is 6.92 Å². The first kappa shape index (κ1) is 23.5. The molecule has 4 aromatic rings. The highest BCUT2D eigenvalue weighted by atomic mass is 16.4. The molecule has 1 fully saturated rings. The van der Waals surface area contributed by atoms with E-state index in [0.717, 1.165) is 22.4 Å². The van der Waals surface area contributed by atoms with Gasteiger partial charge in [0, 0.05) is 31.4 Å². The maximum Gasteiger partial charge on any atom is 0.318 e. The monoisotopic (exact) mass is 479 g/mol. The Morgan fingerprint density at radius 2 is 1.42 bits per heavy atom. The van der Waals surface area contributed by atoms with Gasteiger partial charge in [0.2, 0.25) is 5.91 Å². The third kappa shape index (κ3) is 3.79. The van der Waals surface area contributed by atoms with Crippen LogP contribution in [0.3, 0.4) is 0 Å². The van der Waals surface area contributed by atoms with Crippen molar-refractivity contribution in [2.75, 3.05) is 13.1 Å². The number of carbonyl (C=O) groups excluding carboxylic acids is 1. The van der Waals surface area contributed by atoms with Crippen molar-refractivity contribution in [3.8, 4) is 0 Å². The summed E-state index contributed by atoms with van der Waals surface area (Å²) >= 11 is 0. The van der Waals surface area contributed by atoms with Crippen LogP contribution in [0.2, 0.25) is 0 Å². The van der Waals surface area contributed by atoms with Crippen LogP contribution in [-0.4, -0.2) is 44.5 Å². The average Bonchev–Trinajstić information content (AvgIpc) is 3.50. The second kappa shape index (κ2) is 9.46. The van der Waals surface area contributed by atoms with Crippen LogP contribution in [0.4, 0.5) is 0 Å². The molecule has 1 atom stereocenters. The third-order valence-corrected chi connectivity index (χ3v) is 7.40. The molecule has 3 aromatic carbocycles. The van der Waals surface area contributed by atoms with E-state index in [0.29, 0.717) is 25.9 Å². The van der Waals surface area contributed by atoms with E-state index in [1.54, 1.807) is 4.90 Å². The molecular formula is C30H29N3O3. The van der Waals surface area contributed by atoms with E-state index < -0.39 is 16.9 Å². The van der Waals surface area contributed by atoms with Gasteiger partial charge < -0.3 is 14.6 Å². The minimum atomic E-state index is -1.35. The minimum Gasteiger partial charge on any atom is -0.480 e. The van der Waals surface area contributed by atoms with E-state index in [1.807, 2.05) is 67.1 Å². The van der Waals surface area contributed by atoms with Gasteiger partial charge in [0.1, 0.15) is 11.0 Å². The number of hydrogen-bond donors (Lipinski definition) is 1. The molecule has 0 spiro atoms. The maximum absolute atomic E-state index is 12.9. The highest BCUT2D eigenvalue weighted by Crippen LogP contribution is 2.41. The molecule has 0 aliphatic carbocycles. The van der Waals surface area contributed by atoms with Crippen LogP contribution in [0.15, 0.2) is 104 Å². The highest BCUT2D eigenvalue weighted by molar-refractivity contribution is 6.02. The largest absolute Gasteiger partial charge is 0.480 e. The van der Waals surface area contributed by atoms with E-state index in [-0.39, 0.29) is 5.91 Å². The Morgan fingerprint density at radius 1 is 0.917 bits per heavy atom. The third-order valence-electron chi connectivity index (χ3n) is 7.40. The van der Waals surface area contributed by atoms with Gasteiger partial charge in [-0.3, -0.25) is 9.59 Å². The Labute approximate surface area is 210 Å². The molecule has 5 rings (SSSR count). The summed E-state index contributed by atoms with van der Waals surface area (Å²) in [5, 5.41) is 9.58. The fourth-order valence-corrected chi connectivity index (χ4v) is 5.34. The first-order chi connectivity index (χ1) is 17.5. The number of carboxylic acid groups (broad SMARTS) is 1. The molecule has 2 heterocycles. The number of nitrogens with zero attached hydrogens (tertiary/aromatic N) is 3. The lowest BCUT2D eigenvalue weighted by atomic mass is 9.76. The van der Waals surface area contributed by atoms with E-state index >= 15 is 0 Å². The molecule has 0 bridgehead atoms. The summed E-state index contributed by atoms with van der Waals surface area (Å²) in [4.78, 5) is 30.8. The summed E-state index contributed by atoms with van der Waals surface area (Å²) in [5.41, 5.74) is 2.22. The smallest absolute Gasteiger partial charge is 0.318 e. The second-order valence-electron chi connectivity index (χ2n) is 9.49. The number of aromatic nitrogens is 2. The number of imidazole rings is 1. The number of benzene rings is 3. The Bertz CT molecular complexity index is 1260. The number of carbonyl (C=O) groups is 2. The van der Waals surface area contributed by atoms with E-state index in [2.05, 4.69) is 45.9 Å². The average molecular weight is 480 g/mol. The van der Waals surface area contributed by atoms with Crippen LogP contribution in [-0.2, 0) is 21.5 Å². The fraction of sp³-hybridized carbons (Fsp3) is 0.233. The Kier molecular flexibility index (Phi) is 6.18. The van der Waals surface area contributed by atoms with Gasteiger partial charge in [-0.1, -0.05) is 91.0 Å². The zero-order valence-corrected chi connectivity index (χ0v) is 20.2. The van der Waals surface area contributed by atoms with Crippen molar-refractivity contribution in [2.24, 2.45) is 5.41 Å². The molecule has 36 heavy (non-hydrogen) atoms. The van der Waals surface area contributed by atoms with Crippen LogP contribution in [0.25, 0.3) is 0 Å². The summed E-state index contributed by atoms with van der Waals surface area (Å²) in [6.45, 7) is 2.39.